The minimum Gasteiger partial charge on any atom is -0.379 e. The Morgan fingerprint density at radius 1 is 0.952 bits per heavy atom. The van der Waals surface area contributed by atoms with Crippen molar-refractivity contribution in [2.24, 2.45) is 7.05 Å². The number of imidazole rings is 1. The highest BCUT2D eigenvalue weighted by molar-refractivity contribution is 6.03. The molecule has 0 spiro atoms. The standard InChI is InChI=1S/C30H26F3N7O2/c1-37-26-22-8-10-24(30(31,32)33)34-28(22)40(21-5-3-2-4-6-21)29(41)25(26)35-27(37)19-7-9-23-20(17-19)18-39(36-23)12-11-38-13-15-42-16-14-38/h2-10,17-18H,11-16H2,1H3. The zero-order valence-corrected chi connectivity index (χ0v) is 22.7. The Balaban J connectivity index is 1.35. The molecule has 0 radical (unpaired) electrons. The third-order valence-corrected chi connectivity index (χ3v) is 7.71. The van der Waals surface area contributed by atoms with E-state index < -0.39 is 17.4 Å². The van der Waals surface area contributed by atoms with Crippen molar-refractivity contribution >= 4 is 33.0 Å². The van der Waals surface area contributed by atoms with Crippen LogP contribution < -0.4 is 5.56 Å². The first kappa shape index (κ1) is 26.4. The molecular formula is C30H26F3N7O2. The summed E-state index contributed by atoms with van der Waals surface area (Å²) >= 11 is 0. The lowest BCUT2D eigenvalue weighted by molar-refractivity contribution is -0.141. The van der Waals surface area contributed by atoms with Crippen molar-refractivity contribution in [1.82, 2.24) is 33.8 Å². The molecule has 1 fully saturated rings. The second-order valence-corrected chi connectivity index (χ2v) is 10.4. The van der Waals surface area contributed by atoms with E-state index in [4.69, 9.17) is 14.8 Å². The Kier molecular flexibility index (Phi) is 6.32. The van der Waals surface area contributed by atoms with Crippen molar-refractivity contribution < 1.29 is 17.9 Å². The smallest absolute Gasteiger partial charge is 0.379 e. The predicted octanol–water partition coefficient (Wildman–Crippen LogP) is 4.64. The Morgan fingerprint density at radius 2 is 1.74 bits per heavy atom. The Labute approximate surface area is 237 Å². The average molecular weight is 574 g/mol. The number of para-hydroxylation sites is 1. The maximum atomic E-state index is 13.9. The molecule has 0 saturated carbocycles. The van der Waals surface area contributed by atoms with Gasteiger partial charge in [-0.2, -0.15) is 18.3 Å². The molecule has 2 aromatic carbocycles. The van der Waals surface area contributed by atoms with Gasteiger partial charge in [-0.1, -0.05) is 18.2 Å². The van der Waals surface area contributed by atoms with E-state index in [1.165, 1.54) is 10.6 Å². The molecule has 1 saturated heterocycles. The molecule has 0 atom stereocenters. The molecule has 0 N–H and O–H groups in total. The number of hydrogen-bond donors (Lipinski definition) is 0. The van der Waals surface area contributed by atoms with Crippen LogP contribution in [0, 0.1) is 0 Å². The van der Waals surface area contributed by atoms with Crippen LogP contribution in [-0.2, 0) is 24.5 Å². The minimum absolute atomic E-state index is 0.0833. The third-order valence-electron chi connectivity index (χ3n) is 7.71. The largest absolute Gasteiger partial charge is 0.433 e. The maximum Gasteiger partial charge on any atom is 0.433 e. The van der Waals surface area contributed by atoms with Gasteiger partial charge in [0.25, 0.3) is 5.56 Å². The highest BCUT2D eigenvalue weighted by atomic mass is 19.4. The first-order valence-electron chi connectivity index (χ1n) is 13.6. The number of fused-ring (bicyclic) bond motifs is 4. The Hall–Kier alpha value is -4.55. The minimum atomic E-state index is -4.67. The summed E-state index contributed by atoms with van der Waals surface area (Å²) in [5, 5.41) is 6.01. The van der Waals surface area contributed by atoms with Gasteiger partial charge in [0.1, 0.15) is 17.2 Å². The highest BCUT2D eigenvalue weighted by Crippen LogP contribution is 2.33. The van der Waals surface area contributed by atoms with Gasteiger partial charge in [-0.3, -0.25) is 18.9 Å². The van der Waals surface area contributed by atoms with E-state index in [0.717, 1.165) is 61.9 Å². The van der Waals surface area contributed by atoms with Gasteiger partial charge in [0.2, 0.25) is 0 Å². The van der Waals surface area contributed by atoms with Crippen molar-refractivity contribution in [3.63, 3.8) is 0 Å². The van der Waals surface area contributed by atoms with Gasteiger partial charge in [-0.05, 0) is 42.5 Å². The number of alkyl halides is 3. The number of aryl methyl sites for hydroxylation is 1. The molecule has 6 aromatic rings. The fourth-order valence-corrected chi connectivity index (χ4v) is 5.59. The van der Waals surface area contributed by atoms with Crippen molar-refractivity contribution in [2.75, 3.05) is 32.8 Å². The van der Waals surface area contributed by atoms with Crippen LogP contribution in [0.2, 0.25) is 0 Å². The average Bonchev–Trinajstić information content (AvgIpc) is 3.57. The normalized spacial score (nSPS) is 14.9. The Bertz CT molecular complexity index is 2010. The maximum absolute atomic E-state index is 13.9. The second-order valence-electron chi connectivity index (χ2n) is 10.4. The van der Waals surface area contributed by atoms with Crippen molar-refractivity contribution in [3.05, 3.63) is 82.9 Å². The van der Waals surface area contributed by atoms with E-state index in [-0.39, 0.29) is 11.2 Å². The fourth-order valence-electron chi connectivity index (χ4n) is 5.59. The number of morpholine rings is 1. The Morgan fingerprint density at radius 3 is 2.50 bits per heavy atom. The molecule has 1 aliphatic heterocycles. The molecule has 4 aromatic heterocycles. The van der Waals surface area contributed by atoms with Crippen LogP contribution >= 0.6 is 0 Å². The van der Waals surface area contributed by atoms with Crippen molar-refractivity contribution in [3.8, 4) is 17.1 Å². The van der Waals surface area contributed by atoms with Crippen LogP contribution in [0.3, 0.4) is 0 Å². The van der Waals surface area contributed by atoms with Crippen LogP contribution in [0.15, 0.2) is 71.7 Å². The SMILES string of the molecule is Cn1c(-c2ccc3nn(CCN4CCOCC4)cc3c2)nc2c(=O)n(-c3ccccc3)c3nc(C(F)(F)F)ccc3c21. The topological polar surface area (TPSA) is 83.0 Å². The van der Waals surface area contributed by atoms with Crippen molar-refractivity contribution in [1.29, 1.82) is 0 Å². The van der Waals surface area contributed by atoms with Gasteiger partial charge in [0, 0.05) is 49.2 Å². The van der Waals surface area contributed by atoms with Gasteiger partial charge < -0.3 is 9.30 Å². The molecule has 12 heteroatoms. The van der Waals surface area contributed by atoms with E-state index in [1.807, 2.05) is 29.1 Å². The van der Waals surface area contributed by atoms with Gasteiger partial charge in [0.05, 0.1) is 36.5 Å². The molecule has 0 amide bonds. The third kappa shape index (κ3) is 4.52. The number of hydrogen-bond acceptors (Lipinski definition) is 6. The summed E-state index contributed by atoms with van der Waals surface area (Å²) in [4.78, 5) is 24.9. The monoisotopic (exact) mass is 573 g/mol. The van der Waals surface area contributed by atoms with Crippen LogP contribution in [0.1, 0.15) is 5.69 Å². The van der Waals surface area contributed by atoms with Gasteiger partial charge in [-0.15, -0.1) is 0 Å². The number of halogens is 3. The van der Waals surface area contributed by atoms with E-state index in [9.17, 15) is 18.0 Å². The fraction of sp³-hybridized carbons (Fsp3) is 0.267. The lowest BCUT2D eigenvalue weighted by Crippen LogP contribution is -2.38. The summed E-state index contributed by atoms with van der Waals surface area (Å²) in [5.74, 6) is 0.511. The summed E-state index contributed by atoms with van der Waals surface area (Å²) in [6, 6.07) is 16.6. The van der Waals surface area contributed by atoms with Crippen LogP contribution in [0.5, 0.6) is 0 Å². The molecule has 7 rings (SSSR count). The summed E-state index contributed by atoms with van der Waals surface area (Å²) in [6.45, 7) is 4.92. The summed E-state index contributed by atoms with van der Waals surface area (Å²) in [6.07, 6.45) is -2.68. The zero-order chi connectivity index (χ0) is 29.0. The van der Waals surface area contributed by atoms with Crippen LogP contribution in [-0.4, -0.2) is 66.6 Å². The number of rotatable bonds is 5. The number of nitrogens with zero attached hydrogens (tertiary/aromatic N) is 7. The molecule has 0 bridgehead atoms. The van der Waals surface area contributed by atoms with E-state index in [0.29, 0.717) is 22.4 Å². The molecule has 0 aliphatic carbocycles. The number of ether oxygens (including phenoxy) is 1. The molecular weight excluding hydrogens is 547 g/mol. The van der Waals surface area contributed by atoms with Gasteiger partial charge in [-0.25, -0.2) is 9.97 Å². The number of aromatic nitrogens is 6. The lowest BCUT2D eigenvalue weighted by atomic mass is 10.1. The molecule has 214 valence electrons. The summed E-state index contributed by atoms with van der Waals surface area (Å²) in [5.41, 5.74) is 0.852. The van der Waals surface area contributed by atoms with Crippen LogP contribution in [0.25, 0.3) is 50.0 Å². The van der Waals surface area contributed by atoms with E-state index >= 15 is 0 Å². The molecule has 9 nitrogen and oxygen atoms in total. The highest BCUT2D eigenvalue weighted by Gasteiger charge is 2.33. The van der Waals surface area contributed by atoms with Crippen molar-refractivity contribution in [2.45, 2.75) is 12.7 Å². The summed E-state index contributed by atoms with van der Waals surface area (Å²) in [7, 11) is 1.75. The second kappa shape index (κ2) is 10.1. The molecule has 5 heterocycles. The number of pyridine rings is 2. The summed E-state index contributed by atoms with van der Waals surface area (Å²) < 4.78 is 51.3. The van der Waals surface area contributed by atoms with E-state index in [1.54, 1.807) is 41.9 Å². The number of benzene rings is 2. The molecule has 0 unspecified atom stereocenters. The van der Waals surface area contributed by atoms with Gasteiger partial charge >= 0.3 is 6.18 Å². The van der Waals surface area contributed by atoms with E-state index in [2.05, 4.69) is 9.88 Å². The quantitative estimate of drug-likeness (QED) is 0.299. The first-order valence-corrected chi connectivity index (χ1v) is 13.6. The first-order chi connectivity index (χ1) is 20.3. The predicted molar refractivity (Wildman–Crippen MR) is 153 cm³/mol. The lowest BCUT2D eigenvalue weighted by Gasteiger charge is -2.26. The molecule has 1 aliphatic rings. The zero-order valence-electron chi connectivity index (χ0n) is 22.7. The molecule has 42 heavy (non-hydrogen) atoms. The van der Waals surface area contributed by atoms with Gasteiger partial charge in [0.15, 0.2) is 5.52 Å². The van der Waals surface area contributed by atoms with Crippen LogP contribution in [0.4, 0.5) is 13.2 Å².